The van der Waals surface area contributed by atoms with Gasteiger partial charge in [-0.15, -0.1) is 0 Å². The van der Waals surface area contributed by atoms with E-state index >= 15 is 0 Å². The van der Waals surface area contributed by atoms with Gasteiger partial charge in [0.2, 0.25) is 15.2 Å². The van der Waals surface area contributed by atoms with Gasteiger partial charge >= 0.3 is 0 Å². The molecule has 9 heteroatoms. The van der Waals surface area contributed by atoms with Gasteiger partial charge in [-0.25, -0.2) is 13.4 Å². The van der Waals surface area contributed by atoms with Crippen LogP contribution in [0.1, 0.15) is 18.3 Å². The van der Waals surface area contributed by atoms with Crippen LogP contribution in [0.25, 0.3) is 0 Å². The Morgan fingerprint density at radius 2 is 1.83 bits per heavy atom. The zero-order valence-electron chi connectivity index (χ0n) is 13.4. The average Bonchev–Trinajstić information content (AvgIpc) is 3.05. The Kier molecular flexibility index (Phi) is 5.39. The highest BCUT2D eigenvalue weighted by Crippen LogP contribution is 2.21. The molecule has 6 nitrogen and oxygen atoms in total. The molecule has 1 aliphatic rings. The molecule has 2 aromatic rings. The van der Waals surface area contributed by atoms with E-state index in [1.807, 2.05) is 24.3 Å². The Morgan fingerprint density at radius 3 is 2.46 bits per heavy atom. The van der Waals surface area contributed by atoms with Crippen LogP contribution in [0, 0.1) is 0 Å². The Morgan fingerprint density at radius 1 is 1.17 bits per heavy atom. The van der Waals surface area contributed by atoms with Crippen molar-refractivity contribution in [3.63, 3.8) is 0 Å². The molecule has 3 rings (SSSR count). The number of piperazine rings is 1. The molecule has 0 saturated carbocycles. The molecule has 1 saturated heterocycles. The van der Waals surface area contributed by atoms with Crippen molar-refractivity contribution >= 4 is 38.3 Å². The zero-order chi connectivity index (χ0) is 17.2. The monoisotopic (exact) mass is 386 g/mol. The van der Waals surface area contributed by atoms with Crippen LogP contribution < -0.4 is 4.90 Å². The smallest absolute Gasteiger partial charge is 0.213 e. The van der Waals surface area contributed by atoms with E-state index in [0.29, 0.717) is 37.6 Å². The first-order valence-corrected chi connectivity index (χ1v) is 10.5. The summed E-state index contributed by atoms with van der Waals surface area (Å²) in [6.07, 6.45) is 0.665. The van der Waals surface area contributed by atoms with Gasteiger partial charge in [-0.05, 0) is 24.6 Å². The summed E-state index contributed by atoms with van der Waals surface area (Å²) in [5.74, 6) is 0.928. The van der Waals surface area contributed by atoms with Crippen molar-refractivity contribution < 1.29 is 8.42 Å². The number of halogens is 1. The second-order valence-corrected chi connectivity index (χ2v) is 9.01. The summed E-state index contributed by atoms with van der Waals surface area (Å²) in [6, 6.07) is 7.66. The van der Waals surface area contributed by atoms with Crippen LogP contribution in [0.4, 0.5) is 5.13 Å². The van der Waals surface area contributed by atoms with Crippen LogP contribution >= 0.6 is 23.1 Å². The van der Waals surface area contributed by atoms with E-state index in [0.717, 1.165) is 16.5 Å². The fraction of sp³-hybridized carbons (Fsp3) is 0.467. The van der Waals surface area contributed by atoms with Crippen molar-refractivity contribution in [3.8, 4) is 0 Å². The highest BCUT2D eigenvalue weighted by atomic mass is 35.5. The first-order chi connectivity index (χ1) is 11.5. The Bertz CT molecular complexity index is 784. The largest absolute Gasteiger partial charge is 0.344 e. The fourth-order valence-corrected chi connectivity index (χ4v) is 4.52. The first kappa shape index (κ1) is 17.6. The molecule has 0 N–H and O–H groups in total. The van der Waals surface area contributed by atoms with Crippen molar-refractivity contribution in [1.29, 1.82) is 0 Å². The summed E-state index contributed by atoms with van der Waals surface area (Å²) in [5, 5.41) is 1.57. The van der Waals surface area contributed by atoms with E-state index in [4.69, 9.17) is 11.6 Å². The predicted molar refractivity (Wildman–Crippen MR) is 97.4 cm³/mol. The van der Waals surface area contributed by atoms with Gasteiger partial charge in [0, 0.05) is 49.2 Å². The zero-order valence-corrected chi connectivity index (χ0v) is 15.7. The van der Waals surface area contributed by atoms with Gasteiger partial charge in [-0.3, -0.25) is 0 Å². The standard InChI is InChI=1S/C15H19ClN4O2S2/c1-2-24(21,22)20-9-7-19(8-10-20)15-17-14(18-23-15)11-12-3-5-13(16)6-4-12/h3-6H,2,7-11H2,1H3. The lowest BCUT2D eigenvalue weighted by Crippen LogP contribution is -2.49. The van der Waals surface area contributed by atoms with E-state index in [1.54, 1.807) is 11.2 Å². The maximum Gasteiger partial charge on any atom is 0.213 e. The number of aromatic nitrogens is 2. The van der Waals surface area contributed by atoms with Crippen LogP contribution in [0.15, 0.2) is 24.3 Å². The van der Waals surface area contributed by atoms with Crippen LogP contribution in [0.2, 0.25) is 5.02 Å². The minimum absolute atomic E-state index is 0.150. The third-order valence-electron chi connectivity index (χ3n) is 4.00. The number of hydrogen-bond donors (Lipinski definition) is 0. The highest BCUT2D eigenvalue weighted by Gasteiger charge is 2.26. The molecule has 0 amide bonds. The van der Waals surface area contributed by atoms with Crippen LogP contribution in [-0.4, -0.2) is 54.0 Å². The van der Waals surface area contributed by atoms with Gasteiger partial charge in [0.15, 0.2) is 0 Å². The normalized spacial score (nSPS) is 16.5. The van der Waals surface area contributed by atoms with Gasteiger partial charge in [0.05, 0.1) is 5.75 Å². The van der Waals surface area contributed by atoms with Gasteiger partial charge in [-0.2, -0.15) is 8.68 Å². The molecule has 0 unspecified atom stereocenters. The number of hydrogen-bond acceptors (Lipinski definition) is 6. The molecule has 1 aromatic heterocycles. The molecule has 2 heterocycles. The first-order valence-electron chi connectivity index (χ1n) is 7.78. The Hall–Kier alpha value is -1.22. The van der Waals surface area contributed by atoms with Crippen molar-refractivity contribution in [2.45, 2.75) is 13.3 Å². The molecule has 0 radical (unpaired) electrons. The lowest BCUT2D eigenvalue weighted by Gasteiger charge is -2.33. The van der Waals surface area contributed by atoms with Crippen molar-refractivity contribution in [1.82, 2.24) is 13.7 Å². The maximum atomic E-state index is 11.9. The third kappa shape index (κ3) is 4.05. The van der Waals surface area contributed by atoms with E-state index in [-0.39, 0.29) is 5.75 Å². The SMILES string of the molecule is CCS(=O)(=O)N1CCN(c2nc(Cc3ccc(Cl)cc3)ns2)CC1. The molecule has 1 fully saturated rings. The molecule has 1 aromatic carbocycles. The molecule has 0 aliphatic carbocycles. The molecule has 0 bridgehead atoms. The summed E-state index contributed by atoms with van der Waals surface area (Å²) in [4.78, 5) is 6.69. The quantitative estimate of drug-likeness (QED) is 0.788. The molecule has 24 heavy (non-hydrogen) atoms. The number of benzene rings is 1. The minimum Gasteiger partial charge on any atom is -0.344 e. The van der Waals surface area contributed by atoms with E-state index < -0.39 is 10.0 Å². The average molecular weight is 387 g/mol. The second kappa shape index (κ2) is 7.35. The Balaban J connectivity index is 1.61. The molecule has 0 spiro atoms. The Labute approximate surface area is 151 Å². The highest BCUT2D eigenvalue weighted by molar-refractivity contribution is 7.89. The van der Waals surface area contributed by atoms with Gasteiger partial charge in [0.1, 0.15) is 5.82 Å². The van der Waals surface area contributed by atoms with Crippen LogP contribution in [-0.2, 0) is 16.4 Å². The van der Waals surface area contributed by atoms with E-state index in [1.165, 1.54) is 11.5 Å². The van der Waals surface area contributed by atoms with Gasteiger partial charge in [0.25, 0.3) is 0 Å². The number of nitrogens with zero attached hydrogens (tertiary/aromatic N) is 4. The van der Waals surface area contributed by atoms with E-state index in [9.17, 15) is 8.42 Å². The fourth-order valence-electron chi connectivity index (χ4n) is 2.57. The molecule has 130 valence electrons. The van der Waals surface area contributed by atoms with Gasteiger partial charge in [-0.1, -0.05) is 23.7 Å². The molecular weight excluding hydrogens is 368 g/mol. The van der Waals surface area contributed by atoms with Crippen molar-refractivity contribution in [2.24, 2.45) is 0 Å². The second-order valence-electron chi connectivity index (χ2n) is 5.58. The summed E-state index contributed by atoms with van der Waals surface area (Å²) < 4.78 is 29.8. The molecular formula is C15H19ClN4O2S2. The predicted octanol–water partition coefficient (Wildman–Crippen LogP) is 2.25. The lowest BCUT2D eigenvalue weighted by atomic mass is 10.1. The number of anilines is 1. The van der Waals surface area contributed by atoms with Crippen LogP contribution in [0.5, 0.6) is 0 Å². The van der Waals surface area contributed by atoms with E-state index in [2.05, 4.69) is 14.3 Å². The molecule has 0 atom stereocenters. The molecule has 1 aliphatic heterocycles. The summed E-state index contributed by atoms with van der Waals surface area (Å²) in [5.41, 5.74) is 1.11. The topological polar surface area (TPSA) is 66.4 Å². The van der Waals surface area contributed by atoms with Crippen molar-refractivity contribution in [2.75, 3.05) is 36.8 Å². The summed E-state index contributed by atoms with van der Waals surface area (Å²) in [6.45, 7) is 3.98. The van der Waals surface area contributed by atoms with Crippen molar-refractivity contribution in [3.05, 3.63) is 40.7 Å². The van der Waals surface area contributed by atoms with Crippen LogP contribution in [0.3, 0.4) is 0 Å². The lowest BCUT2D eigenvalue weighted by molar-refractivity contribution is 0.385. The summed E-state index contributed by atoms with van der Waals surface area (Å²) >= 11 is 7.26. The summed E-state index contributed by atoms with van der Waals surface area (Å²) in [7, 11) is -3.10. The maximum absolute atomic E-state index is 11.9. The number of rotatable bonds is 5. The third-order valence-corrected chi connectivity index (χ3v) is 6.95. The van der Waals surface area contributed by atoms with Gasteiger partial charge < -0.3 is 4.90 Å². The number of sulfonamides is 1. The minimum atomic E-state index is -3.10.